The summed E-state index contributed by atoms with van der Waals surface area (Å²) in [5.74, 6) is -1.64. The standard InChI is InChI=1S/C12H13ClN2O4/c1-7(16)14-5-4-11(17)15-8-2-3-9(12(18)19)10(13)6-8/h2-3,6H,4-5H2,1H3,(H,14,16)(H,15,17)(H,18,19). The van der Waals surface area contributed by atoms with Gasteiger partial charge in [0.1, 0.15) is 0 Å². The van der Waals surface area contributed by atoms with Gasteiger partial charge < -0.3 is 15.7 Å². The van der Waals surface area contributed by atoms with Crippen molar-refractivity contribution in [3.05, 3.63) is 28.8 Å². The molecule has 0 saturated heterocycles. The Morgan fingerprint density at radius 2 is 2.00 bits per heavy atom. The van der Waals surface area contributed by atoms with E-state index in [1.54, 1.807) is 0 Å². The highest BCUT2D eigenvalue weighted by molar-refractivity contribution is 6.33. The van der Waals surface area contributed by atoms with Gasteiger partial charge in [0.2, 0.25) is 11.8 Å². The normalized spacial score (nSPS) is 9.79. The van der Waals surface area contributed by atoms with Crippen molar-refractivity contribution in [3.63, 3.8) is 0 Å². The van der Waals surface area contributed by atoms with Crippen LogP contribution in [0.4, 0.5) is 5.69 Å². The van der Waals surface area contributed by atoms with Crippen LogP contribution in [0.25, 0.3) is 0 Å². The molecule has 0 spiro atoms. The average Bonchev–Trinajstić information content (AvgIpc) is 2.27. The molecule has 1 rings (SSSR count). The Labute approximate surface area is 114 Å². The van der Waals surface area contributed by atoms with Crippen LogP contribution in [0.1, 0.15) is 23.7 Å². The molecule has 6 nitrogen and oxygen atoms in total. The van der Waals surface area contributed by atoms with Gasteiger partial charge in [-0.25, -0.2) is 4.79 Å². The number of amides is 2. The fourth-order valence-corrected chi connectivity index (χ4v) is 1.60. The van der Waals surface area contributed by atoms with Crippen LogP contribution in [0.2, 0.25) is 5.02 Å². The fraction of sp³-hybridized carbons (Fsp3) is 0.250. The SMILES string of the molecule is CC(=O)NCCC(=O)Nc1ccc(C(=O)O)c(Cl)c1. The predicted octanol–water partition coefficient (Wildman–Crippen LogP) is 1.50. The van der Waals surface area contributed by atoms with Crippen LogP contribution in [-0.4, -0.2) is 29.4 Å². The first-order chi connectivity index (χ1) is 8.90. The van der Waals surface area contributed by atoms with Crippen molar-refractivity contribution >= 4 is 35.1 Å². The highest BCUT2D eigenvalue weighted by Crippen LogP contribution is 2.21. The predicted molar refractivity (Wildman–Crippen MR) is 70.3 cm³/mol. The van der Waals surface area contributed by atoms with Crippen molar-refractivity contribution in [2.75, 3.05) is 11.9 Å². The molecule has 2 amide bonds. The van der Waals surface area contributed by atoms with E-state index in [0.29, 0.717) is 5.69 Å². The highest BCUT2D eigenvalue weighted by atomic mass is 35.5. The van der Waals surface area contributed by atoms with Crippen molar-refractivity contribution in [2.45, 2.75) is 13.3 Å². The van der Waals surface area contributed by atoms with Gasteiger partial charge in [-0.1, -0.05) is 11.6 Å². The Balaban J connectivity index is 2.58. The van der Waals surface area contributed by atoms with E-state index in [0.717, 1.165) is 0 Å². The van der Waals surface area contributed by atoms with Crippen LogP contribution in [0.15, 0.2) is 18.2 Å². The topological polar surface area (TPSA) is 95.5 Å². The molecular formula is C12H13ClN2O4. The number of carbonyl (C=O) groups excluding carboxylic acids is 2. The molecule has 0 aliphatic heterocycles. The first-order valence-electron chi connectivity index (χ1n) is 5.47. The van der Waals surface area contributed by atoms with E-state index >= 15 is 0 Å². The number of rotatable bonds is 5. The van der Waals surface area contributed by atoms with Crippen molar-refractivity contribution in [2.24, 2.45) is 0 Å². The molecule has 3 N–H and O–H groups in total. The molecule has 0 fully saturated rings. The summed E-state index contributed by atoms with van der Waals surface area (Å²) >= 11 is 5.76. The van der Waals surface area contributed by atoms with Gasteiger partial charge in [0.05, 0.1) is 10.6 Å². The zero-order valence-corrected chi connectivity index (χ0v) is 11.0. The minimum absolute atomic E-state index is 0.0297. The molecule has 0 bridgehead atoms. The Morgan fingerprint density at radius 3 is 2.53 bits per heavy atom. The van der Waals surface area contributed by atoms with Crippen molar-refractivity contribution in [1.29, 1.82) is 0 Å². The molecule has 1 aromatic rings. The van der Waals surface area contributed by atoms with E-state index < -0.39 is 5.97 Å². The number of nitrogens with one attached hydrogen (secondary N) is 2. The van der Waals surface area contributed by atoms with Gasteiger partial charge in [0.25, 0.3) is 0 Å². The third-order valence-electron chi connectivity index (χ3n) is 2.21. The van der Waals surface area contributed by atoms with E-state index in [4.69, 9.17) is 16.7 Å². The molecule has 0 aromatic heterocycles. The monoisotopic (exact) mass is 284 g/mol. The van der Waals surface area contributed by atoms with Crippen LogP contribution in [-0.2, 0) is 9.59 Å². The number of benzene rings is 1. The second kappa shape index (κ2) is 6.75. The van der Waals surface area contributed by atoms with Crippen molar-refractivity contribution < 1.29 is 19.5 Å². The van der Waals surface area contributed by atoms with Gasteiger partial charge in [-0.3, -0.25) is 9.59 Å². The summed E-state index contributed by atoms with van der Waals surface area (Å²) in [6.45, 7) is 1.60. The first-order valence-corrected chi connectivity index (χ1v) is 5.85. The molecule has 0 saturated carbocycles. The van der Waals surface area contributed by atoms with Gasteiger partial charge in [0, 0.05) is 25.6 Å². The van der Waals surface area contributed by atoms with E-state index in [1.807, 2.05) is 0 Å². The summed E-state index contributed by atoms with van der Waals surface area (Å²) in [6, 6.07) is 4.13. The summed E-state index contributed by atoms with van der Waals surface area (Å²) in [4.78, 5) is 32.9. The number of anilines is 1. The average molecular weight is 285 g/mol. The number of halogens is 1. The van der Waals surface area contributed by atoms with Crippen LogP contribution in [0.3, 0.4) is 0 Å². The molecule has 0 aliphatic carbocycles. The smallest absolute Gasteiger partial charge is 0.337 e. The minimum atomic E-state index is -1.13. The Bertz CT molecular complexity index is 516. The van der Waals surface area contributed by atoms with Crippen LogP contribution in [0, 0.1) is 0 Å². The molecule has 1 aromatic carbocycles. The zero-order chi connectivity index (χ0) is 14.4. The minimum Gasteiger partial charge on any atom is -0.478 e. The van der Waals surface area contributed by atoms with Gasteiger partial charge in [-0.05, 0) is 18.2 Å². The van der Waals surface area contributed by atoms with Crippen molar-refractivity contribution in [3.8, 4) is 0 Å². The maximum absolute atomic E-state index is 11.5. The molecule has 7 heteroatoms. The molecule has 0 unspecified atom stereocenters. The number of hydrogen-bond acceptors (Lipinski definition) is 3. The van der Waals surface area contributed by atoms with Gasteiger partial charge >= 0.3 is 5.97 Å². The summed E-state index contributed by atoms with van der Waals surface area (Å²) < 4.78 is 0. The van der Waals surface area contributed by atoms with Crippen LogP contribution in [0.5, 0.6) is 0 Å². The quantitative estimate of drug-likeness (QED) is 0.763. The lowest BCUT2D eigenvalue weighted by molar-refractivity contribution is -0.119. The van der Waals surface area contributed by atoms with Crippen LogP contribution < -0.4 is 10.6 Å². The van der Waals surface area contributed by atoms with E-state index in [1.165, 1.54) is 25.1 Å². The second-order valence-corrected chi connectivity index (χ2v) is 4.19. The van der Waals surface area contributed by atoms with E-state index in [-0.39, 0.29) is 35.4 Å². The highest BCUT2D eigenvalue weighted by Gasteiger charge is 2.10. The molecular weight excluding hydrogens is 272 g/mol. The number of carboxylic acids is 1. The molecule has 0 aliphatic rings. The number of hydrogen-bond donors (Lipinski definition) is 3. The lowest BCUT2D eigenvalue weighted by Gasteiger charge is -2.07. The maximum Gasteiger partial charge on any atom is 0.337 e. The van der Waals surface area contributed by atoms with Gasteiger partial charge in [-0.2, -0.15) is 0 Å². The number of aromatic carboxylic acids is 1. The molecule has 102 valence electrons. The summed E-state index contributed by atoms with van der Waals surface area (Å²) in [6.07, 6.45) is 0.123. The summed E-state index contributed by atoms with van der Waals surface area (Å²) in [5, 5.41) is 13.9. The maximum atomic E-state index is 11.5. The fourth-order valence-electron chi connectivity index (χ4n) is 1.34. The lowest BCUT2D eigenvalue weighted by Crippen LogP contribution is -2.25. The lowest BCUT2D eigenvalue weighted by atomic mass is 10.2. The largest absolute Gasteiger partial charge is 0.478 e. The molecule has 0 radical (unpaired) electrons. The van der Waals surface area contributed by atoms with Crippen molar-refractivity contribution in [1.82, 2.24) is 5.32 Å². The summed E-state index contributed by atoms with van der Waals surface area (Å²) in [5.41, 5.74) is 0.376. The zero-order valence-electron chi connectivity index (χ0n) is 10.2. The Morgan fingerprint density at radius 1 is 1.32 bits per heavy atom. The Kier molecular flexibility index (Phi) is 5.32. The molecule has 19 heavy (non-hydrogen) atoms. The van der Waals surface area contributed by atoms with E-state index in [9.17, 15) is 14.4 Å². The third kappa shape index (κ3) is 4.97. The summed E-state index contributed by atoms with van der Waals surface area (Å²) in [7, 11) is 0. The van der Waals surface area contributed by atoms with Crippen LogP contribution >= 0.6 is 11.6 Å². The number of carbonyl (C=O) groups is 3. The number of carboxylic acid groups (broad SMARTS) is 1. The Hall–Kier alpha value is -2.08. The molecule has 0 atom stereocenters. The van der Waals surface area contributed by atoms with Gasteiger partial charge in [0.15, 0.2) is 0 Å². The molecule has 0 heterocycles. The second-order valence-electron chi connectivity index (χ2n) is 3.78. The first kappa shape index (κ1) is 15.0. The van der Waals surface area contributed by atoms with Gasteiger partial charge in [-0.15, -0.1) is 0 Å². The van der Waals surface area contributed by atoms with E-state index in [2.05, 4.69) is 10.6 Å². The third-order valence-corrected chi connectivity index (χ3v) is 2.52.